The number of carbonyl (C=O) groups is 4. The summed E-state index contributed by atoms with van der Waals surface area (Å²) in [6.45, 7) is 11.1. The first-order valence-electron chi connectivity index (χ1n) is 17.8. The summed E-state index contributed by atoms with van der Waals surface area (Å²) in [4.78, 5) is 62.3. The summed E-state index contributed by atoms with van der Waals surface area (Å²) in [7, 11) is 3.18. The first-order valence-corrected chi connectivity index (χ1v) is 17.8. The molecule has 13 heteroatoms. The summed E-state index contributed by atoms with van der Waals surface area (Å²) in [5, 5.41) is 6.83. The molecule has 13 nitrogen and oxygen atoms in total. The van der Waals surface area contributed by atoms with Crippen molar-refractivity contribution in [3.63, 3.8) is 0 Å². The fraction of sp³-hybridized carbons (Fsp3) is 0.425. The predicted octanol–water partition coefficient (Wildman–Crippen LogP) is 5.41. The van der Waals surface area contributed by atoms with Crippen molar-refractivity contribution in [2.75, 3.05) is 38.8 Å². The van der Waals surface area contributed by atoms with Gasteiger partial charge in [0.2, 0.25) is 11.8 Å². The third-order valence-electron chi connectivity index (χ3n) is 8.41. The Hall–Kier alpha value is -5.11. The number of hydrogen-bond acceptors (Lipinski definition) is 9. The highest BCUT2D eigenvalue weighted by Gasteiger charge is 2.36. The SMILES string of the molecule is CCOC(OCC)[C@H](C)N(Cc1cccc2cccnc12)C(=O)C(CC(=O)OC(C)(C)C)NC(=O)CN(C)NC(=O)N(C)c1cccc2ccccc12. The minimum absolute atomic E-state index is 0.0855. The number of rotatable bonds is 16. The number of anilines is 1. The molecule has 1 heterocycles. The second-order valence-corrected chi connectivity index (χ2v) is 13.7. The number of ether oxygens (including phenoxy) is 3. The number of esters is 1. The van der Waals surface area contributed by atoms with E-state index in [2.05, 4.69) is 15.7 Å². The lowest BCUT2D eigenvalue weighted by Gasteiger charge is -2.36. The number of urea groups is 1. The molecule has 0 aliphatic heterocycles. The summed E-state index contributed by atoms with van der Waals surface area (Å²) in [6, 6.07) is 20.4. The van der Waals surface area contributed by atoms with Crippen LogP contribution in [0.3, 0.4) is 0 Å². The van der Waals surface area contributed by atoms with E-state index in [0.717, 1.165) is 21.7 Å². The van der Waals surface area contributed by atoms with Gasteiger partial charge in [0.25, 0.3) is 0 Å². The minimum Gasteiger partial charge on any atom is -0.460 e. The monoisotopic (exact) mass is 728 g/mol. The Balaban J connectivity index is 1.58. The number of pyridine rings is 1. The maximum absolute atomic E-state index is 14.7. The molecule has 4 rings (SSSR count). The number of hydrogen-bond donors (Lipinski definition) is 2. The van der Waals surface area contributed by atoms with Crippen LogP contribution in [-0.2, 0) is 35.1 Å². The van der Waals surface area contributed by atoms with Gasteiger partial charge in [0.15, 0.2) is 6.29 Å². The van der Waals surface area contributed by atoms with E-state index in [9.17, 15) is 19.2 Å². The van der Waals surface area contributed by atoms with Crippen LogP contribution in [0.25, 0.3) is 21.7 Å². The molecule has 0 radical (unpaired) electrons. The van der Waals surface area contributed by atoms with Crippen LogP contribution in [0.5, 0.6) is 0 Å². The Morgan fingerprint density at radius 2 is 1.49 bits per heavy atom. The number of amides is 4. The number of nitrogens with one attached hydrogen (secondary N) is 2. The lowest BCUT2D eigenvalue weighted by Crippen LogP contribution is -2.57. The van der Waals surface area contributed by atoms with Crippen LogP contribution in [0.1, 0.15) is 53.5 Å². The highest BCUT2D eigenvalue weighted by Crippen LogP contribution is 2.26. The van der Waals surface area contributed by atoms with E-state index < -0.39 is 54.2 Å². The van der Waals surface area contributed by atoms with Gasteiger partial charge in [-0.1, -0.05) is 60.7 Å². The normalized spacial score (nSPS) is 12.8. The number of likely N-dealkylation sites (N-methyl/N-ethyl adjacent to an activating group) is 1. The number of fused-ring (bicyclic) bond motifs is 2. The number of hydrazine groups is 1. The number of para-hydroxylation sites is 1. The Morgan fingerprint density at radius 1 is 0.849 bits per heavy atom. The van der Waals surface area contributed by atoms with Gasteiger partial charge < -0.3 is 24.4 Å². The summed E-state index contributed by atoms with van der Waals surface area (Å²) in [5.74, 6) is -1.82. The van der Waals surface area contributed by atoms with Crippen molar-refractivity contribution in [2.24, 2.45) is 0 Å². The van der Waals surface area contributed by atoms with Gasteiger partial charge in [-0.25, -0.2) is 9.80 Å². The Morgan fingerprint density at radius 3 is 2.19 bits per heavy atom. The van der Waals surface area contributed by atoms with Crippen LogP contribution in [0.2, 0.25) is 0 Å². The predicted molar refractivity (Wildman–Crippen MR) is 205 cm³/mol. The molecule has 0 fully saturated rings. The molecule has 0 bridgehead atoms. The van der Waals surface area contributed by atoms with Crippen molar-refractivity contribution in [1.29, 1.82) is 0 Å². The van der Waals surface area contributed by atoms with E-state index in [0.29, 0.717) is 24.4 Å². The number of aromatic nitrogens is 1. The molecule has 0 aliphatic rings. The van der Waals surface area contributed by atoms with Crippen LogP contribution < -0.4 is 15.6 Å². The van der Waals surface area contributed by atoms with E-state index in [1.807, 2.05) is 86.6 Å². The van der Waals surface area contributed by atoms with Crippen molar-refractivity contribution in [2.45, 2.75) is 78.5 Å². The van der Waals surface area contributed by atoms with Crippen LogP contribution in [0.15, 0.2) is 79.0 Å². The van der Waals surface area contributed by atoms with Gasteiger partial charge in [-0.2, -0.15) is 0 Å². The lowest BCUT2D eigenvalue weighted by molar-refractivity contribution is -0.180. The Kier molecular flexibility index (Phi) is 14.3. The third kappa shape index (κ3) is 11.2. The highest BCUT2D eigenvalue weighted by molar-refractivity contribution is 6.02. The molecule has 4 aromatic rings. The molecule has 284 valence electrons. The van der Waals surface area contributed by atoms with Gasteiger partial charge in [-0.05, 0) is 64.6 Å². The fourth-order valence-corrected chi connectivity index (χ4v) is 6.00. The molecular weight excluding hydrogens is 676 g/mol. The minimum atomic E-state index is -1.32. The zero-order chi connectivity index (χ0) is 38.7. The van der Waals surface area contributed by atoms with Crippen molar-refractivity contribution >= 4 is 51.2 Å². The maximum atomic E-state index is 14.7. The third-order valence-corrected chi connectivity index (χ3v) is 8.41. The quantitative estimate of drug-likeness (QED) is 0.0880. The molecule has 2 N–H and O–H groups in total. The zero-order valence-corrected chi connectivity index (χ0v) is 31.9. The number of benzene rings is 3. The van der Waals surface area contributed by atoms with Gasteiger partial charge in [-0.15, -0.1) is 0 Å². The van der Waals surface area contributed by atoms with Crippen molar-refractivity contribution in [3.05, 3.63) is 84.6 Å². The van der Waals surface area contributed by atoms with E-state index in [1.165, 1.54) is 17.0 Å². The molecule has 1 aromatic heterocycles. The second kappa shape index (κ2) is 18.6. The van der Waals surface area contributed by atoms with Crippen molar-refractivity contribution < 1.29 is 33.4 Å². The van der Waals surface area contributed by atoms with Crippen molar-refractivity contribution in [3.8, 4) is 0 Å². The summed E-state index contributed by atoms with van der Waals surface area (Å²) in [5.41, 5.74) is 4.05. The first-order chi connectivity index (χ1) is 25.2. The van der Waals surface area contributed by atoms with Crippen molar-refractivity contribution in [1.82, 2.24) is 25.6 Å². The van der Waals surface area contributed by atoms with Gasteiger partial charge in [0.1, 0.15) is 11.6 Å². The molecule has 4 amide bonds. The molecule has 0 aliphatic carbocycles. The van der Waals surface area contributed by atoms with Crippen LogP contribution in [-0.4, -0.2) is 96.5 Å². The molecule has 0 spiro atoms. The molecule has 3 aromatic carbocycles. The number of carbonyl (C=O) groups excluding carboxylic acids is 4. The van der Waals surface area contributed by atoms with Crippen LogP contribution >= 0.6 is 0 Å². The zero-order valence-electron chi connectivity index (χ0n) is 31.9. The summed E-state index contributed by atoms with van der Waals surface area (Å²) < 4.78 is 17.4. The molecule has 1 unspecified atom stereocenters. The Labute approximate surface area is 311 Å². The molecule has 0 saturated carbocycles. The van der Waals surface area contributed by atoms with Gasteiger partial charge >= 0.3 is 12.0 Å². The summed E-state index contributed by atoms with van der Waals surface area (Å²) >= 11 is 0. The van der Waals surface area contributed by atoms with Crippen LogP contribution in [0.4, 0.5) is 10.5 Å². The first kappa shape index (κ1) is 40.7. The van der Waals surface area contributed by atoms with Gasteiger partial charge in [0.05, 0.1) is 30.2 Å². The lowest BCUT2D eigenvalue weighted by atomic mass is 10.1. The van der Waals surface area contributed by atoms with Gasteiger partial charge in [0, 0.05) is 50.8 Å². The average molecular weight is 729 g/mol. The van der Waals surface area contributed by atoms with Crippen LogP contribution in [0, 0.1) is 0 Å². The average Bonchev–Trinajstić information content (AvgIpc) is 3.11. The fourth-order valence-electron chi connectivity index (χ4n) is 6.00. The Bertz CT molecular complexity index is 1860. The van der Waals surface area contributed by atoms with E-state index in [4.69, 9.17) is 14.2 Å². The second-order valence-electron chi connectivity index (χ2n) is 13.7. The van der Waals surface area contributed by atoms with E-state index in [1.54, 1.807) is 45.8 Å². The van der Waals surface area contributed by atoms with Gasteiger partial charge in [-0.3, -0.25) is 29.7 Å². The molecule has 0 saturated heterocycles. The van der Waals surface area contributed by atoms with E-state index >= 15 is 0 Å². The topological polar surface area (TPSA) is 143 Å². The molecule has 2 atom stereocenters. The summed E-state index contributed by atoms with van der Waals surface area (Å²) in [6.07, 6.45) is 0.451. The maximum Gasteiger partial charge on any atom is 0.336 e. The largest absolute Gasteiger partial charge is 0.460 e. The molecule has 53 heavy (non-hydrogen) atoms. The smallest absolute Gasteiger partial charge is 0.336 e. The van der Waals surface area contributed by atoms with E-state index in [-0.39, 0.29) is 13.1 Å². The highest BCUT2D eigenvalue weighted by atomic mass is 16.7. The standard InChI is InChI=1S/C40H52N6O7/c1-9-51-38(52-10-2)27(3)46(25-30-19-13-18-29-20-15-23-41-36(29)30)37(49)32(24-35(48)53-40(4,5)6)42-34(47)26-44(7)43-39(50)45(8)33-22-14-17-28-16-11-12-21-31(28)33/h11-23,27,32,38H,9-10,24-26H2,1-8H3,(H,42,47)(H,43,50)/t27-,32?/m0/s1. The number of nitrogens with zero attached hydrogens (tertiary/aromatic N) is 4. The molecular formula is C40H52N6O7.